The maximum atomic E-state index is 11.9. The normalized spacial score (nSPS) is 10.8. The predicted octanol–water partition coefficient (Wildman–Crippen LogP) is 2.41. The monoisotopic (exact) mass is 315 g/mol. The number of nitriles is 1. The first-order chi connectivity index (χ1) is 10.8. The summed E-state index contributed by atoms with van der Waals surface area (Å²) in [5.41, 5.74) is 4.00. The van der Waals surface area contributed by atoms with Gasteiger partial charge >= 0.3 is 5.97 Å². The van der Waals surface area contributed by atoms with E-state index in [1.807, 2.05) is 39.0 Å². The summed E-state index contributed by atoms with van der Waals surface area (Å²) < 4.78 is 0. The highest BCUT2D eigenvalue weighted by atomic mass is 16.4. The molecule has 0 saturated carbocycles. The molecule has 3 N–H and O–H groups in total. The van der Waals surface area contributed by atoms with E-state index in [0.29, 0.717) is 6.42 Å². The van der Waals surface area contributed by atoms with E-state index in [-0.39, 0.29) is 18.5 Å². The number of benzene rings is 1. The summed E-state index contributed by atoms with van der Waals surface area (Å²) in [6.45, 7) is 6.13. The summed E-state index contributed by atoms with van der Waals surface area (Å²) >= 11 is 0. The Morgan fingerprint density at radius 2 is 1.87 bits per heavy atom. The summed E-state index contributed by atoms with van der Waals surface area (Å²) in [6.07, 6.45) is 1.67. The Balaban J connectivity index is 2.71. The molecule has 0 atom stereocenters. The molecule has 6 heteroatoms. The molecule has 1 amide bonds. The van der Waals surface area contributed by atoms with Gasteiger partial charge in [0.05, 0.1) is 0 Å². The van der Waals surface area contributed by atoms with Gasteiger partial charge in [-0.3, -0.25) is 9.59 Å². The van der Waals surface area contributed by atoms with Gasteiger partial charge in [-0.2, -0.15) is 5.26 Å². The molecular formula is C17H21N3O3. The van der Waals surface area contributed by atoms with Crippen LogP contribution in [0.5, 0.6) is 0 Å². The summed E-state index contributed by atoms with van der Waals surface area (Å²) in [5.74, 6) is -1.44. The van der Waals surface area contributed by atoms with Crippen molar-refractivity contribution in [2.24, 2.45) is 0 Å². The van der Waals surface area contributed by atoms with Crippen molar-refractivity contribution in [3.63, 3.8) is 0 Å². The predicted molar refractivity (Wildman–Crippen MR) is 87.9 cm³/mol. The number of hydrogen-bond acceptors (Lipinski definition) is 4. The molecule has 0 bridgehead atoms. The van der Waals surface area contributed by atoms with Gasteiger partial charge in [0.15, 0.2) is 0 Å². The molecule has 6 nitrogen and oxygen atoms in total. The van der Waals surface area contributed by atoms with Gasteiger partial charge < -0.3 is 15.7 Å². The van der Waals surface area contributed by atoms with Crippen LogP contribution in [0.1, 0.15) is 29.5 Å². The van der Waals surface area contributed by atoms with Crippen molar-refractivity contribution in [3.05, 3.63) is 40.6 Å². The van der Waals surface area contributed by atoms with E-state index < -0.39 is 11.9 Å². The highest BCUT2D eigenvalue weighted by Gasteiger charge is 2.09. The molecule has 1 rings (SSSR count). The third-order valence-corrected chi connectivity index (χ3v) is 3.26. The number of rotatable bonds is 7. The van der Waals surface area contributed by atoms with E-state index in [0.717, 1.165) is 22.4 Å². The van der Waals surface area contributed by atoms with Gasteiger partial charge in [-0.15, -0.1) is 0 Å². The quantitative estimate of drug-likeness (QED) is 0.407. The first-order valence-corrected chi connectivity index (χ1v) is 7.29. The molecule has 0 spiro atoms. The molecule has 0 heterocycles. The van der Waals surface area contributed by atoms with E-state index in [2.05, 4.69) is 10.6 Å². The number of carbonyl (C=O) groups is 2. The first-order valence-electron chi connectivity index (χ1n) is 7.29. The van der Waals surface area contributed by atoms with Gasteiger partial charge in [0.25, 0.3) is 5.91 Å². The Labute approximate surface area is 135 Å². The fraction of sp³-hybridized carbons (Fsp3) is 0.353. The third-order valence-electron chi connectivity index (χ3n) is 3.26. The molecule has 0 radical (unpaired) electrons. The van der Waals surface area contributed by atoms with Crippen LogP contribution < -0.4 is 10.6 Å². The summed E-state index contributed by atoms with van der Waals surface area (Å²) in [7, 11) is 0. The molecular weight excluding hydrogens is 294 g/mol. The highest BCUT2D eigenvalue weighted by molar-refractivity contribution is 5.97. The van der Waals surface area contributed by atoms with Gasteiger partial charge in [0.1, 0.15) is 11.6 Å². The van der Waals surface area contributed by atoms with Crippen LogP contribution in [0.3, 0.4) is 0 Å². The molecule has 122 valence electrons. The molecule has 0 aliphatic heterocycles. The smallest absolute Gasteiger partial charge is 0.303 e. The van der Waals surface area contributed by atoms with Crippen LogP contribution in [0.15, 0.2) is 23.9 Å². The molecule has 1 aromatic carbocycles. The Morgan fingerprint density at radius 3 is 2.39 bits per heavy atom. The van der Waals surface area contributed by atoms with Crippen molar-refractivity contribution in [2.45, 2.75) is 33.6 Å². The third kappa shape index (κ3) is 5.83. The fourth-order valence-electron chi connectivity index (χ4n) is 2.24. The summed E-state index contributed by atoms with van der Waals surface area (Å²) in [5, 5.41) is 23.2. The van der Waals surface area contributed by atoms with E-state index in [1.165, 1.54) is 6.20 Å². The molecule has 0 saturated heterocycles. The van der Waals surface area contributed by atoms with Gasteiger partial charge in [-0.1, -0.05) is 17.7 Å². The van der Waals surface area contributed by atoms with Crippen molar-refractivity contribution in [1.82, 2.24) is 5.32 Å². The van der Waals surface area contributed by atoms with Crippen LogP contribution in [-0.4, -0.2) is 23.5 Å². The zero-order valence-electron chi connectivity index (χ0n) is 13.6. The minimum Gasteiger partial charge on any atom is -0.481 e. The lowest BCUT2D eigenvalue weighted by Gasteiger charge is -2.11. The van der Waals surface area contributed by atoms with Gasteiger partial charge in [-0.05, 0) is 38.3 Å². The van der Waals surface area contributed by atoms with Gasteiger partial charge in [0.2, 0.25) is 0 Å². The Kier molecular flexibility index (Phi) is 6.81. The number of amides is 1. The molecule has 0 aromatic heterocycles. The standard InChI is InChI=1S/C17H21N3O3/c1-11-7-12(2)16(13(3)8-11)20-10-14(9-18)17(23)19-6-4-5-15(21)22/h7-8,10,20H,4-6H2,1-3H3,(H,19,23)(H,21,22)/b14-10-. The lowest BCUT2D eigenvalue weighted by molar-refractivity contribution is -0.137. The van der Waals surface area contributed by atoms with E-state index >= 15 is 0 Å². The molecule has 1 aromatic rings. The maximum absolute atomic E-state index is 11.9. The second kappa shape index (κ2) is 8.59. The number of hydrogen-bond donors (Lipinski definition) is 3. The fourth-order valence-corrected chi connectivity index (χ4v) is 2.24. The zero-order valence-corrected chi connectivity index (χ0v) is 13.6. The van der Waals surface area contributed by atoms with Gasteiger partial charge in [0, 0.05) is 24.9 Å². The first kappa shape index (κ1) is 18.2. The number of carbonyl (C=O) groups excluding carboxylic acids is 1. The van der Waals surface area contributed by atoms with E-state index in [1.54, 1.807) is 0 Å². The van der Waals surface area contributed by atoms with Crippen molar-refractivity contribution >= 4 is 17.6 Å². The minimum atomic E-state index is -0.915. The van der Waals surface area contributed by atoms with Crippen LogP contribution >= 0.6 is 0 Å². The van der Waals surface area contributed by atoms with Crippen LogP contribution in [-0.2, 0) is 9.59 Å². The Morgan fingerprint density at radius 1 is 1.26 bits per heavy atom. The van der Waals surface area contributed by atoms with Crippen molar-refractivity contribution < 1.29 is 14.7 Å². The number of carboxylic acids is 1. The van der Waals surface area contributed by atoms with Crippen molar-refractivity contribution in [1.29, 1.82) is 5.26 Å². The zero-order chi connectivity index (χ0) is 17.4. The number of nitrogens with zero attached hydrogens (tertiary/aromatic N) is 1. The molecule has 23 heavy (non-hydrogen) atoms. The summed E-state index contributed by atoms with van der Waals surface area (Å²) in [6, 6.07) is 5.87. The Hall–Kier alpha value is -2.81. The second-order valence-corrected chi connectivity index (χ2v) is 5.34. The number of aliphatic carboxylic acids is 1. The van der Waals surface area contributed by atoms with E-state index in [9.17, 15) is 9.59 Å². The van der Waals surface area contributed by atoms with Gasteiger partial charge in [-0.25, -0.2) is 0 Å². The lowest BCUT2D eigenvalue weighted by Crippen LogP contribution is -2.26. The number of nitrogens with one attached hydrogen (secondary N) is 2. The second-order valence-electron chi connectivity index (χ2n) is 5.34. The number of aryl methyl sites for hydroxylation is 3. The average Bonchev–Trinajstić information content (AvgIpc) is 2.46. The topological polar surface area (TPSA) is 102 Å². The van der Waals surface area contributed by atoms with Crippen LogP contribution in [0.25, 0.3) is 0 Å². The highest BCUT2D eigenvalue weighted by Crippen LogP contribution is 2.22. The van der Waals surface area contributed by atoms with Crippen LogP contribution in [0, 0.1) is 32.1 Å². The minimum absolute atomic E-state index is 0.0219. The maximum Gasteiger partial charge on any atom is 0.303 e. The van der Waals surface area contributed by atoms with Crippen molar-refractivity contribution in [3.8, 4) is 6.07 Å². The SMILES string of the molecule is Cc1cc(C)c(N/C=C(/C#N)C(=O)NCCCC(=O)O)c(C)c1. The molecule has 0 aliphatic carbocycles. The molecule has 0 fully saturated rings. The number of anilines is 1. The average molecular weight is 315 g/mol. The van der Waals surface area contributed by atoms with Crippen LogP contribution in [0.2, 0.25) is 0 Å². The molecule has 0 aliphatic rings. The Bertz CT molecular complexity index is 649. The summed E-state index contributed by atoms with van der Waals surface area (Å²) in [4.78, 5) is 22.3. The van der Waals surface area contributed by atoms with Crippen LogP contribution in [0.4, 0.5) is 5.69 Å². The van der Waals surface area contributed by atoms with Crippen molar-refractivity contribution in [2.75, 3.05) is 11.9 Å². The number of carboxylic acid groups (broad SMARTS) is 1. The van der Waals surface area contributed by atoms with E-state index in [4.69, 9.17) is 10.4 Å². The molecule has 0 unspecified atom stereocenters. The largest absolute Gasteiger partial charge is 0.481 e. The lowest BCUT2D eigenvalue weighted by atomic mass is 10.1.